The number of hydrogen-bond acceptors (Lipinski definition) is 1. The van der Waals surface area contributed by atoms with Crippen LogP contribution < -0.4 is 5.32 Å². The third kappa shape index (κ3) is 3.38. The summed E-state index contributed by atoms with van der Waals surface area (Å²) in [6.07, 6.45) is 6.86. The first kappa shape index (κ1) is 13.7. The van der Waals surface area contributed by atoms with Crippen LogP contribution in [0.5, 0.6) is 0 Å². The van der Waals surface area contributed by atoms with Crippen molar-refractivity contribution < 1.29 is 4.79 Å². The topological polar surface area (TPSA) is 29.1 Å². The fourth-order valence-corrected chi connectivity index (χ4v) is 3.86. The molecule has 0 radical (unpaired) electrons. The van der Waals surface area contributed by atoms with Gasteiger partial charge in [-0.1, -0.05) is 32.5 Å². The van der Waals surface area contributed by atoms with Crippen LogP contribution in [0.25, 0.3) is 0 Å². The van der Waals surface area contributed by atoms with Crippen LogP contribution in [0.4, 0.5) is 0 Å². The van der Waals surface area contributed by atoms with Gasteiger partial charge < -0.3 is 5.32 Å². The Bertz CT molecular complexity index is 374. The molecule has 1 heterocycles. The second kappa shape index (κ2) is 5.48. The first-order valence-electron chi connectivity index (χ1n) is 7.28. The second-order valence-electron chi connectivity index (χ2n) is 6.76. The van der Waals surface area contributed by atoms with Gasteiger partial charge in [0.25, 0.3) is 0 Å². The quantitative estimate of drug-likeness (QED) is 0.602. The van der Waals surface area contributed by atoms with E-state index in [1.165, 1.54) is 19.3 Å². The summed E-state index contributed by atoms with van der Waals surface area (Å²) in [5, 5.41) is 3.20. The highest BCUT2D eigenvalue weighted by atomic mass is 28.3. The highest BCUT2D eigenvalue weighted by Crippen LogP contribution is 2.37. The number of fused-ring (bicyclic) bond motifs is 1. The van der Waals surface area contributed by atoms with Crippen molar-refractivity contribution in [1.82, 2.24) is 5.32 Å². The van der Waals surface area contributed by atoms with E-state index in [-0.39, 0.29) is 0 Å². The van der Waals surface area contributed by atoms with Gasteiger partial charge in [0.1, 0.15) is 8.07 Å². The molecule has 3 atom stereocenters. The minimum Gasteiger partial charge on any atom is -0.353 e. The van der Waals surface area contributed by atoms with Crippen molar-refractivity contribution in [2.75, 3.05) is 0 Å². The third-order valence-corrected chi connectivity index (χ3v) is 4.97. The normalized spacial score (nSPS) is 31.3. The molecule has 1 aliphatic heterocycles. The minimum absolute atomic E-state index is 0.308. The fraction of sp³-hybridized carbons (Fsp3) is 0.800. The summed E-state index contributed by atoms with van der Waals surface area (Å²) < 4.78 is 0. The van der Waals surface area contributed by atoms with Crippen LogP contribution >= 0.6 is 0 Å². The van der Waals surface area contributed by atoms with Gasteiger partial charge in [0, 0.05) is 18.4 Å². The third-order valence-electron chi connectivity index (χ3n) is 4.04. The molecule has 0 aromatic rings. The first-order chi connectivity index (χ1) is 8.47. The van der Waals surface area contributed by atoms with Crippen molar-refractivity contribution in [3.05, 3.63) is 0 Å². The Morgan fingerprint density at radius 1 is 1.28 bits per heavy atom. The van der Waals surface area contributed by atoms with Crippen LogP contribution in [0.15, 0.2) is 0 Å². The number of nitrogens with one attached hydrogen (secondary N) is 1. The van der Waals surface area contributed by atoms with Gasteiger partial charge in [0.2, 0.25) is 5.91 Å². The predicted molar refractivity (Wildman–Crippen MR) is 77.7 cm³/mol. The Labute approximate surface area is 112 Å². The molecule has 2 aliphatic rings. The van der Waals surface area contributed by atoms with Crippen molar-refractivity contribution in [2.24, 2.45) is 11.8 Å². The van der Waals surface area contributed by atoms with E-state index in [1.807, 2.05) is 0 Å². The van der Waals surface area contributed by atoms with Crippen molar-refractivity contribution in [3.8, 4) is 11.5 Å². The zero-order valence-electron chi connectivity index (χ0n) is 11.9. The first-order valence-corrected chi connectivity index (χ1v) is 10.8. The molecule has 1 saturated carbocycles. The van der Waals surface area contributed by atoms with Gasteiger partial charge in [-0.05, 0) is 25.2 Å². The molecule has 2 rings (SSSR count). The van der Waals surface area contributed by atoms with Gasteiger partial charge in [0.05, 0.1) is 0 Å². The zero-order valence-corrected chi connectivity index (χ0v) is 12.9. The molecule has 2 nitrogen and oxygen atoms in total. The average molecular weight is 263 g/mol. The van der Waals surface area contributed by atoms with Crippen molar-refractivity contribution in [2.45, 2.75) is 64.2 Å². The van der Waals surface area contributed by atoms with Crippen LogP contribution in [0.3, 0.4) is 0 Å². The van der Waals surface area contributed by atoms with Crippen LogP contribution in [0.1, 0.15) is 38.5 Å². The maximum atomic E-state index is 11.9. The van der Waals surface area contributed by atoms with Crippen LogP contribution in [-0.2, 0) is 4.79 Å². The van der Waals surface area contributed by atoms with Crippen LogP contribution in [-0.4, -0.2) is 20.0 Å². The summed E-state index contributed by atoms with van der Waals surface area (Å²) in [4.78, 5) is 11.9. The monoisotopic (exact) mass is 263 g/mol. The molecule has 1 saturated heterocycles. The lowest BCUT2D eigenvalue weighted by atomic mass is 9.77. The maximum Gasteiger partial charge on any atom is 0.223 e. The molecule has 18 heavy (non-hydrogen) atoms. The van der Waals surface area contributed by atoms with E-state index in [0.29, 0.717) is 23.8 Å². The van der Waals surface area contributed by atoms with Crippen LogP contribution in [0, 0.1) is 23.3 Å². The van der Waals surface area contributed by atoms with Crippen molar-refractivity contribution in [1.29, 1.82) is 0 Å². The summed E-state index contributed by atoms with van der Waals surface area (Å²) in [5.74, 6) is 4.54. The van der Waals surface area contributed by atoms with Gasteiger partial charge in [-0.25, -0.2) is 0 Å². The lowest BCUT2D eigenvalue weighted by Crippen LogP contribution is -2.29. The molecule has 3 heteroatoms. The van der Waals surface area contributed by atoms with E-state index in [2.05, 4.69) is 36.4 Å². The molecular formula is C15H25NOSi. The van der Waals surface area contributed by atoms with Gasteiger partial charge >= 0.3 is 0 Å². The van der Waals surface area contributed by atoms with E-state index in [9.17, 15) is 4.79 Å². The SMILES string of the molecule is C[Si](C)(C)C#CCC[C@@H]1NC(=O)[C@@H]2CCCC[C@H]12. The van der Waals surface area contributed by atoms with E-state index in [1.54, 1.807) is 0 Å². The Hall–Kier alpha value is -0.753. The largest absolute Gasteiger partial charge is 0.353 e. The number of amides is 1. The zero-order chi connectivity index (χ0) is 13.2. The van der Waals surface area contributed by atoms with Gasteiger partial charge in [-0.2, -0.15) is 0 Å². The average Bonchev–Trinajstić information content (AvgIpc) is 2.62. The highest BCUT2D eigenvalue weighted by molar-refractivity contribution is 6.83. The summed E-state index contributed by atoms with van der Waals surface area (Å²) in [6, 6.07) is 0.402. The Balaban J connectivity index is 1.86. The molecule has 100 valence electrons. The summed E-state index contributed by atoms with van der Waals surface area (Å²) in [5.41, 5.74) is 3.41. The van der Waals surface area contributed by atoms with Gasteiger partial charge in [-0.3, -0.25) is 4.79 Å². The fourth-order valence-electron chi connectivity index (χ4n) is 3.21. The molecule has 0 aromatic carbocycles. The van der Waals surface area contributed by atoms with E-state index in [0.717, 1.165) is 19.3 Å². The number of carbonyl (C=O) groups excluding carboxylic acids is 1. The Kier molecular flexibility index (Phi) is 4.16. The van der Waals surface area contributed by atoms with Crippen molar-refractivity contribution in [3.63, 3.8) is 0 Å². The highest BCUT2D eigenvalue weighted by Gasteiger charge is 2.42. The van der Waals surface area contributed by atoms with Gasteiger partial charge in [0.15, 0.2) is 0 Å². The summed E-state index contributed by atoms with van der Waals surface area (Å²) >= 11 is 0. The standard InChI is InChI=1S/C15H25NOSi/c1-18(2,3)11-7-6-10-14-12-8-4-5-9-13(12)15(17)16-14/h12-14H,4-6,8-10H2,1-3H3,(H,16,17)/t12-,13+,14-/m0/s1. The summed E-state index contributed by atoms with van der Waals surface area (Å²) in [7, 11) is -1.23. The van der Waals surface area contributed by atoms with E-state index >= 15 is 0 Å². The van der Waals surface area contributed by atoms with Crippen LogP contribution in [0.2, 0.25) is 19.6 Å². The molecule has 1 N–H and O–H groups in total. The number of carbonyl (C=O) groups is 1. The molecule has 1 aliphatic carbocycles. The summed E-state index contributed by atoms with van der Waals surface area (Å²) in [6.45, 7) is 6.82. The van der Waals surface area contributed by atoms with E-state index in [4.69, 9.17) is 0 Å². The van der Waals surface area contributed by atoms with Crippen molar-refractivity contribution >= 4 is 14.0 Å². The molecule has 0 spiro atoms. The molecular weight excluding hydrogens is 238 g/mol. The Morgan fingerprint density at radius 3 is 2.72 bits per heavy atom. The molecule has 0 aromatic heterocycles. The van der Waals surface area contributed by atoms with Gasteiger partial charge in [-0.15, -0.1) is 11.5 Å². The predicted octanol–water partition coefficient (Wildman–Crippen LogP) is 2.95. The second-order valence-corrected chi connectivity index (χ2v) is 11.5. The number of rotatable bonds is 2. The number of hydrogen-bond donors (Lipinski definition) is 1. The minimum atomic E-state index is -1.23. The maximum absolute atomic E-state index is 11.9. The Morgan fingerprint density at radius 2 is 2.00 bits per heavy atom. The molecule has 1 amide bonds. The molecule has 0 unspecified atom stereocenters. The smallest absolute Gasteiger partial charge is 0.223 e. The lowest BCUT2D eigenvalue weighted by molar-refractivity contribution is -0.123. The van der Waals surface area contributed by atoms with E-state index < -0.39 is 8.07 Å². The molecule has 2 fully saturated rings. The lowest BCUT2D eigenvalue weighted by Gasteiger charge is -2.26. The molecule has 0 bridgehead atoms.